The van der Waals surface area contributed by atoms with Gasteiger partial charge in [-0.2, -0.15) is 4.99 Å². The minimum Gasteiger partial charge on any atom is -0.496 e. The van der Waals surface area contributed by atoms with Gasteiger partial charge in [-0.05, 0) is 30.0 Å². The third-order valence-corrected chi connectivity index (χ3v) is 6.23. The lowest BCUT2D eigenvalue weighted by Gasteiger charge is -2.15. The molecular formula is C20H24ClN3O3S. The van der Waals surface area contributed by atoms with Crippen molar-refractivity contribution < 1.29 is 14.3 Å². The van der Waals surface area contributed by atoms with Gasteiger partial charge in [0.25, 0.3) is 5.91 Å². The van der Waals surface area contributed by atoms with Gasteiger partial charge < -0.3 is 14.6 Å². The minimum absolute atomic E-state index is 0.0460. The monoisotopic (exact) mass is 421 g/mol. The maximum Gasteiger partial charge on any atom is 0.283 e. The maximum atomic E-state index is 12.9. The minimum atomic E-state index is -0.411. The molecule has 2 amide bonds. The lowest BCUT2D eigenvalue weighted by atomic mass is 9.95. The standard InChI is InChI=1S/C20H24ClN3O3S/c1-20(2,3)16-11-24(10-13-6-8-17(25)22-13)19(28-16)23-18(26)14-9-12(21)5-7-15(14)27-4/h5,7,9,11,13H,6,8,10H2,1-4H3,(H,22,25)/b23-19-/t13-/m0/s1. The second kappa shape index (κ2) is 8.09. The summed E-state index contributed by atoms with van der Waals surface area (Å²) in [5.74, 6) is 0.0846. The topological polar surface area (TPSA) is 72.7 Å². The number of halogens is 1. The number of carbonyl (C=O) groups is 2. The summed E-state index contributed by atoms with van der Waals surface area (Å²) < 4.78 is 7.23. The van der Waals surface area contributed by atoms with Crippen LogP contribution < -0.4 is 14.9 Å². The molecule has 0 radical (unpaired) electrons. The van der Waals surface area contributed by atoms with Crippen molar-refractivity contribution in [3.05, 3.63) is 44.7 Å². The summed E-state index contributed by atoms with van der Waals surface area (Å²) in [7, 11) is 1.51. The van der Waals surface area contributed by atoms with E-state index in [2.05, 4.69) is 31.1 Å². The molecule has 8 heteroatoms. The first-order chi connectivity index (χ1) is 13.2. The van der Waals surface area contributed by atoms with E-state index in [0.29, 0.717) is 34.1 Å². The van der Waals surface area contributed by atoms with Gasteiger partial charge in [0, 0.05) is 35.1 Å². The molecular weight excluding hydrogens is 398 g/mol. The smallest absolute Gasteiger partial charge is 0.283 e. The fourth-order valence-corrected chi connectivity index (χ4v) is 4.22. The molecule has 0 aliphatic carbocycles. The Kier molecular flexibility index (Phi) is 5.95. The number of methoxy groups -OCH3 is 1. The number of hydrogen-bond acceptors (Lipinski definition) is 4. The fraction of sp³-hybridized carbons (Fsp3) is 0.450. The van der Waals surface area contributed by atoms with E-state index in [9.17, 15) is 9.59 Å². The number of ether oxygens (including phenoxy) is 1. The van der Waals surface area contributed by atoms with Gasteiger partial charge in [0.05, 0.1) is 12.7 Å². The Morgan fingerprint density at radius 3 is 2.79 bits per heavy atom. The normalized spacial score (nSPS) is 17.7. The summed E-state index contributed by atoms with van der Waals surface area (Å²) in [4.78, 5) is 30.5. The second-order valence-electron chi connectivity index (χ2n) is 7.85. The van der Waals surface area contributed by atoms with Gasteiger partial charge in [-0.25, -0.2) is 0 Å². The van der Waals surface area contributed by atoms with Crippen molar-refractivity contribution in [2.24, 2.45) is 4.99 Å². The van der Waals surface area contributed by atoms with Crippen LogP contribution in [0.2, 0.25) is 5.02 Å². The zero-order valence-corrected chi connectivity index (χ0v) is 18.0. The first kappa shape index (κ1) is 20.6. The fourth-order valence-electron chi connectivity index (χ4n) is 2.99. The average Bonchev–Trinajstić information content (AvgIpc) is 3.21. The van der Waals surface area contributed by atoms with Crippen LogP contribution in [-0.4, -0.2) is 29.5 Å². The number of benzene rings is 1. The van der Waals surface area contributed by atoms with Gasteiger partial charge in [-0.15, -0.1) is 11.3 Å². The first-order valence-corrected chi connectivity index (χ1v) is 10.3. The molecule has 1 aromatic heterocycles. The number of hydrogen-bond donors (Lipinski definition) is 1. The number of amides is 2. The lowest BCUT2D eigenvalue weighted by Crippen LogP contribution is -2.32. The van der Waals surface area contributed by atoms with Gasteiger partial charge in [-0.1, -0.05) is 32.4 Å². The van der Waals surface area contributed by atoms with Crippen LogP contribution in [0.25, 0.3) is 0 Å². The Labute approximate surface area is 173 Å². The molecule has 1 fully saturated rings. The predicted octanol–water partition coefficient (Wildman–Crippen LogP) is 3.53. The molecule has 1 N–H and O–H groups in total. The van der Waals surface area contributed by atoms with Gasteiger partial charge in [-0.3, -0.25) is 9.59 Å². The summed E-state index contributed by atoms with van der Waals surface area (Å²) in [5, 5.41) is 3.42. The van der Waals surface area contributed by atoms with Crippen LogP contribution in [-0.2, 0) is 16.8 Å². The van der Waals surface area contributed by atoms with Gasteiger partial charge in [0.1, 0.15) is 5.75 Å². The molecule has 6 nitrogen and oxygen atoms in total. The van der Waals surface area contributed by atoms with Crippen molar-refractivity contribution in [1.82, 2.24) is 9.88 Å². The van der Waals surface area contributed by atoms with E-state index in [1.807, 2.05) is 10.8 Å². The molecule has 0 saturated carbocycles. The Morgan fingerprint density at radius 1 is 1.43 bits per heavy atom. The third-order valence-electron chi connectivity index (χ3n) is 4.55. The van der Waals surface area contributed by atoms with Crippen LogP contribution >= 0.6 is 22.9 Å². The average molecular weight is 422 g/mol. The summed E-state index contributed by atoms with van der Waals surface area (Å²) in [5.41, 5.74) is 0.247. The van der Waals surface area contributed by atoms with Crippen LogP contribution in [0.5, 0.6) is 5.75 Å². The Balaban J connectivity index is 2.01. The first-order valence-electron chi connectivity index (χ1n) is 9.10. The third kappa shape index (κ3) is 4.64. The van der Waals surface area contributed by atoms with E-state index in [1.165, 1.54) is 18.4 Å². The van der Waals surface area contributed by atoms with Crippen molar-refractivity contribution in [3.8, 4) is 5.75 Å². The zero-order chi connectivity index (χ0) is 20.5. The highest BCUT2D eigenvalue weighted by atomic mass is 35.5. The quantitative estimate of drug-likeness (QED) is 0.820. The molecule has 0 unspecified atom stereocenters. The lowest BCUT2D eigenvalue weighted by molar-refractivity contribution is -0.119. The predicted molar refractivity (Wildman–Crippen MR) is 110 cm³/mol. The van der Waals surface area contributed by atoms with Crippen LogP contribution in [0, 0.1) is 0 Å². The van der Waals surface area contributed by atoms with Gasteiger partial charge in [0.15, 0.2) is 4.80 Å². The molecule has 0 spiro atoms. The summed E-state index contributed by atoms with van der Waals surface area (Å²) in [6, 6.07) is 4.93. The molecule has 2 heterocycles. The number of carbonyl (C=O) groups excluding carboxylic acids is 2. The van der Waals surface area contributed by atoms with Gasteiger partial charge >= 0.3 is 0 Å². The van der Waals surface area contributed by atoms with Crippen molar-refractivity contribution >= 4 is 34.8 Å². The van der Waals surface area contributed by atoms with Crippen LogP contribution in [0.3, 0.4) is 0 Å². The Hall–Kier alpha value is -2.12. The highest BCUT2D eigenvalue weighted by molar-refractivity contribution is 7.09. The molecule has 1 aromatic carbocycles. The summed E-state index contributed by atoms with van der Waals surface area (Å²) in [6.45, 7) is 6.93. The largest absolute Gasteiger partial charge is 0.496 e. The number of nitrogens with one attached hydrogen (secondary N) is 1. The number of aromatic nitrogens is 1. The van der Waals surface area contributed by atoms with Gasteiger partial charge in [0.2, 0.25) is 5.91 Å². The van der Waals surface area contributed by atoms with E-state index >= 15 is 0 Å². The second-order valence-corrected chi connectivity index (χ2v) is 9.29. The number of nitrogens with zero attached hydrogens (tertiary/aromatic N) is 2. The molecule has 3 rings (SSSR count). The van der Waals surface area contributed by atoms with Crippen molar-refractivity contribution in [1.29, 1.82) is 0 Å². The van der Waals surface area contributed by atoms with E-state index in [4.69, 9.17) is 16.3 Å². The molecule has 1 aliphatic rings. The van der Waals surface area contributed by atoms with Crippen LogP contribution in [0.4, 0.5) is 0 Å². The molecule has 2 aromatic rings. The molecule has 1 atom stereocenters. The van der Waals surface area contributed by atoms with Crippen molar-refractivity contribution in [2.75, 3.05) is 7.11 Å². The number of rotatable bonds is 4. The van der Waals surface area contributed by atoms with E-state index < -0.39 is 5.91 Å². The Morgan fingerprint density at radius 2 is 2.18 bits per heavy atom. The summed E-state index contributed by atoms with van der Waals surface area (Å²) >= 11 is 7.53. The SMILES string of the molecule is COc1ccc(Cl)cc1C(=O)/N=c1\sc(C(C)(C)C)cn1C[C@@H]1CCC(=O)N1. The van der Waals surface area contributed by atoms with Crippen molar-refractivity contribution in [2.45, 2.75) is 51.6 Å². The number of thiazole rings is 1. The van der Waals surface area contributed by atoms with E-state index in [0.717, 1.165) is 11.3 Å². The van der Waals surface area contributed by atoms with Crippen LogP contribution in [0.1, 0.15) is 48.8 Å². The zero-order valence-electron chi connectivity index (χ0n) is 16.4. The molecule has 150 valence electrons. The summed E-state index contributed by atoms with van der Waals surface area (Å²) in [6.07, 6.45) is 3.34. The maximum absolute atomic E-state index is 12.9. The molecule has 28 heavy (non-hydrogen) atoms. The van der Waals surface area contributed by atoms with E-state index in [1.54, 1.807) is 18.2 Å². The van der Waals surface area contributed by atoms with Crippen LogP contribution in [0.15, 0.2) is 29.4 Å². The van der Waals surface area contributed by atoms with Crippen molar-refractivity contribution in [3.63, 3.8) is 0 Å². The molecule has 1 aliphatic heterocycles. The Bertz CT molecular complexity index is 972. The van der Waals surface area contributed by atoms with E-state index in [-0.39, 0.29) is 17.4 Å². The molecule has 1 saturated heterocycles. The molecule has 0 bridgehead atoms. The highest BCUT2D eigenvalue weighted by Crippen LogP contribution is 2.26. The highest BCUT2D eigenvalue weighted by Gasteiger charge is 2.24.